The topological polar surface area (TPSA) is 12.0 Å². The molecular formula is C18H33N. The van der Waals surface area contributed by atoms with E-state index in [1.807, 2.05) is 0 Å². The molecule has 4 atom stereocenters. The molecule has 4 saturated carbocycles. The lowest BCUT2D eigenvalue weighted by Crippen LogP contribution is -2.62. The molecule has 1 N–H and O–H groups in total. The predicted molar refractivity (Wildman–Crippen MR) is 82.1 cm³/mol. The van der Waals surface area contributed by atoms with Crippen molar-refractivity contribution in [2.24, 2.45) is 28.1 Å². The summed E-state index contributed by atoms with van der Waals surface area (Å²) in [7, 11) is 2.21. The van der Waals surface area contributed by atoms with Crippen molar-refractivity contribution in [1.29, 1.82) is 0 Å². The molecule has 0 aliphatic heterocycles. The molecule has 4 unspecified atom stereocenters. The first kappa shape index (κ1) is 13.9. The molecule has 0 aromatic carbocycles. The van der Waals surface area contributed by atoms with Crippen molar-refractivity contribution < 1.29 is 0 Å². The van der Waals surface area contributed by atoms with Gasteiger partial charge in [-0.2, -0.15) is 0 Å². The van der Waals surface area contributed by atoms with Crippen LogP contribution in [0.2, 0.25) is 0 Å². The van der Waals surface area contributed by atoms with Gasteiger partial charge >= 0.3 is 0 Å². The fraction of sp³-hybridized carbons (Fsp3) is 1.00. The normalized spacial score (nSPS) is 51.3. The second-order valence-corrected chi connectivity index (χ2v) is 9.14. The summed E-state index contributed by atoms with van der Waals surface area (Å²) in [5, 5.41) is 3.74. The maximum Gasteiger partial charge on any atom is 0.0146 e. The monoisotopic (exact) mass is 263 g/mol. The minimum atomic E-state index is 0.604. The second-order valence-electron chi connectivity index (χ2n) is 9.14. The molecule has 0 aromatic heterocycles. The smallest absolute Gasteiger partial charge is 0.0146 e. The Morgan fingerprint density at radius 1 is 1.05 bits per heavy atom. The van der Waals surface area contributed by atoms with Gasteiger partial charge in [-0.1, -0.05) is 34.1 Å². The van der Waals surface area contributed by atoms with Gasteiger partial charge < -0.3 is 5.32 Å². The van der Waals surface area contributed by atoms with Crippen LogP contribution in [-0.2, 0) is 0 Å². The van der Waals surface area contributed by atoms with Crippen molar-refractivity contribution in [3.05, 3.63) is 0 Å². The van der Waals surface area contributed by atoms with Crippen molar-refractivity contribution in [2.75, 3.05) is 7.05 Å². The fourth-order valence-electron chi connectivity index (χ4n) is 7.31. The molecule has 4 rings (SSSR count). The molecule has 0 aromatic rings. The van der Waals surface area contributed by atoms with Gasteiger partial charge in [0.1, 0.15) is 0 Å². The van der Waals surface area contributed by atoms with E-state index in [-0.39, 0.29) is 0 Å². The molecule has 1 heteroatoms. The Morgan fingerprint density at radius 2 is 1.63 bits per heavy atom. The van der Waals surface area contributed by atoms with Crippen LogP contribution in [0.25, 0.3) is 0 Å². The number of nitrogens with one attached hydrogen (secondary N) is 1. The molecule has 0 spiro atoms. The van der Waals surface area contributed by atoms with Gasteiger partial charge in [0.2, 0.25) is 0 Å². The molecule has 19 heavy (non-hydrogen) atoms. The minimum absolute atomic E-state index is 0.604. The maximum atomic E-state index is 3.74. The molecule has 1 nitrogen and oxygen atoms in total. The van der Waals surface area contributed by atoms with E-state index in [9.17, 15) is 0 Å². The Kier molecular flexibility index (Phi) is 3.10. The SMILES string of the molecule is CCC(C)C(NC)C12CC3CC(C)(CC(C)(C3)C1)C2. The molecule has 4 bridgehead atoms. The highest BCUT2D eigenvalue weighted by atomic mass is 14.9. The summed E-state index contributed by atoms with van der Waals surface area (Å²) in [4.78, 5) is 0. The van der Waals surface area contributed by atoms with Crippen molar-refractivity contribution in [3.63, 3.8) is 0 Å². The van der Waals surface area contributed by atoms with Gasteiger partial charge in [0.05, 0.1) is 0 Å². The number of rotatable bonds is 4. The van der Waals surface area contributed by atoms with Gasteiger partial charge in [-0.15, -0.1) is 0 Å². The Balaban J connectivity index is 1.95. The third kappa shape index (κ3) is 2.07. The third-order valence-electron chi connectivity index (χ3n) is 6.85. The van der Waals surface area contributed by atoms with Crippen LogP contribution in [0.15, 0.2) is 0 Å². The lowest BCUT2D eigenvalue weighted by molar-refractivity contribution is -0.162. The Labute approximate surface area is 119 Å². The van der Waals surface area contributed by atoms with Crippen molar-refractivity contribution in [2.45, 2.75) is 78.7 Å². The molecule has 4 aliphatic carbocycles. The zero-order chi connectivity index (χ0) is 13.9. The van der Waals surface area contributed by atoms with Gasteiger partial charge in [-0.25, -0.2) is 0 Å². The average molecular weight is 263 g/mol. The van der Waals surface area contributed by atoms with Gasteiger partial charge in [-0.3, -0.25) is 0 Å². The van der Waals surface area contributed by atoms with Gasteiger partial charge in [0.25, 0.3) is 0 Å². The van der Waals surface area contributed by atoms with Crippen LogP contribution in [-0.4, -0.2) is 13.1 Å². The Hall–Kier alpha value is -0.0400. The standard InChI is InChI=1S/C18H33N/c1-6-13(2)15(19-5)18-9-14-7-16(3,11-18)10-17(4,8-14)12-18/h13-15,19H,6-12H2,1-5H3. The molecule has 0 saturated heterocycles. The highest BCUT2D eigenvalue weighted by Crippen LogP contribution is 2.70. The summed E-state index contributed by atoms with van der Waals surface area (Å²) in [5.74, 6) is 1.83. The summed E-state index contributed by atoms with van der Waals surface area (Å²) in [6, 6.07) is 0.736. The lowest BCUT2D eigenvalue weighted by atomic mass is 9.38. The van der Waals surface area contributed by atoms with Crippen molar-refractivity contribution in [1.82, 2.24) is 5.32 Å². The summed E-state index contributed by atoms with van der Waals surface area (Å²) in [5.41, 5.74) is 1.90. The van der Waals surface area contributed by atoms with Gasteiger partial charge in [0, 0.05) is 6.04 Å². The summed E-state index contributed by atoms with van der Waals surface area (Å²) >= 11 is 0. The molecule has 4 fully saturated rings. The second kappa shape index (κ2) is 4.23. The first-order chi connectivity index (χ1) is 8.84. The molecule has 110 valence electrons. The highest BCUT2D eigenvalue weighted by Gasteiger charge is 2.62. The summed E-state index contributed by atoms with van der Waals surface area (Å²) in [6.07, 6.45) is 10.3. The van der Waals surface area contributed by atoms with Crippen molar-refractivity contribution in [3.8, 4) is 0 Å². The zero-order valence-corrected chi connectivity index (χ0v) is 13.7. The number of hydrogen-bond donors (Lipinski definition) is 1. The van der Waals surface area contributed by atoms with Crippen LogP contribution in [0.5, 0.6) is 0 Å². The highest BCUT2D eigenvalue weighted by molar-refractivity contribution is 5.13. The van der Waals surface area contributed by atoms with E-state index in [0.717, 1.165) is 17.9 Å². The van der Waals surface area contributed by atoms with Gasteiger partial charge in [0.15, 0.2) is 0 Å². The zero-order valence-electron chi connectivity index (χ0n) is 13.7. The van der Waals surface area contributed by atoms with E-state index in [0.29, 0.717) is 16.2 Å². The van der Waals surface area contributed by atoms with E-state index < -0.39 is 0 Å². The molecule has 0 amide bonds. The Morgan fingerprint density at radius 3 is 2.05 bits per heavy atom. The van der Waals surface area contributed by atoms with Crippen LogP contribution in [0, 0.1) is 28.1 Å². The van der Waals surface area contributed by atoms with Crippen LogP contribution in [0.4, 0.5) is 0 Å². The van der Waals surface area contributed by atoms with Crippen molar-refractivity contribution >= 4 is 0 Å². The number of hydrogen-bond acceptors (Lipinski definition) is 1. The minimum Gasteiger partial charge on any atom is -0.316 e. The van der Waals surface area contributed by atoms with Crippen LogP contribution < -0.4 is 5.32 Å². The summed E-state index contributed by atoms with van der Waals surface area (Å²) in [6.45, 7) is 10.0. The van der Waals surface area contributed by atoms with Crippen LogP contribution >= 0.6 is 0 Å². The van der Waals surface area contributed by atoms with Crippen LogP contribution in [0.3, 0.4) is 0 Å². The molecular weight excluding hydrogens is 230 g/mol. The van der Waals surface area contributed by atoms with Gasteiger partial charge in [-0.05, 0) is 73.7 Å². The predicted octanol–water partition coefficient (Wildman–Crippen LogP) is 4.62. The van der Waals surface area contributed by atoms with E-state index in [1.54, 1.807) is 0 Å². The first-order valence-electron chi connectivity index (χ1n) is 8.51. The molecule has 0 radical (unpaired) electrons. The first-order valence-corrected chi connectivity index (χ1v) is 8.51. The largest absolute Gasteiger partial charge is 0.316 e. The summed E-state index contributed by atoms with van der Waals surface area (Å²) < 4.78 is 0. The maximum absolute atomic E-state index is 3.74. The average Bonchev–Trinajstić information content (AvgIpc) is 2.24. The lowest BCUT2D eigenvalue weighted by Gasteiger charge is -2.67. The van der Waals surface area contributed by atoms with E-state index >= 15 is 0 Å². The van der Waals surface area contributed by atoms with E-state index in [1.165, 1.54) is 44.9 Å². The quantitative estimate of drug-likeness (QED) is 0.780. The van der Waals surface area contributed by atoms with E-state index in [2.05, 4.69) is 40.1 Å². The third-order valence-corrected chi connectivity index (χ3v) is 6.85. The van der Waals surface area contributed by atoms with Crippen LogP contribution in [0.1, 0.15) is 72.6 Å². The Bertz CT molecular complexity index is 343. The molecule has 0 heterocycles. The molecule has 4 aliphatic rings. The fourth-order valence-corrected chi connectivity index (χ4v) is 7.31. The van der Waals surface area contributed by atoms with E-state index in [4.69, 9.17) is 0 Å².